The van der Waals surface area contributed by atoms with Gasteiger partial charge in [-0.2, -0.15) is 0 Å². The molecule has 4 aromatic rings. The van der Waals surface area contributed by atoms with Crippen molar-refractivity contribution in [2.75, 3.05) is 5.32 Å². The van der Waals surface area contributed by atoms with Crippen molar-refractivity contribution in [1.29, 1.82) is 0 Å². The summed E-state index contributed by atoms with van der Waals surface area (Å²) in [6.07, 6.45) is 1.53. The molecule has 0 saturated heterocycles. The molecule has 4 rings (SSSR count). The minimum Gasteiger partial charge on any atom is -0.441 e. The smallest absolute Gasteiger partial charge is 0.257 e. The summed E-state index contributed by atoms with van der Waals surface area (Å²) in [5.74, 6) is 0.234. The Morgan fingerprint density at radius 2 is 2.00 bits per heavy atom. The molecule has 0 aliphatic carbocycles. The van der Waals surface area contributed by atoms with Gasteiger partial charge in [-0.15, -0.1) is 0 Å². The zero-order valence-corrected chi connectivity index (χ0v) is 15.7. The van der Waals surface area contributed by atoms with Crippen LogP contribution >= 0.6 is 11.6 Å². The van der Waals surface area contributed by atoms with Crippen LogP contribution < -0.4 is 10.9 Å². The van der Waals surface area contributed by atoms with Crippen LogP contribution in [0.2, 0.25) is 5.02 Å². The van der Waals surface area contributed by atoms with Crippen LogP contribution in [0.1, 0.15) is 21.8 Å². The Morgan fingerprint density at radius 3 is 2.82 bits per heavy atom. The third kappa shape index (κ3) is 3.68. The van der Waals surface area contributed by atoms with E-state index in [1.807, 2.05) is 18.2 Å². The van der Waals surface area contributed by atoms with Crippen LogP contribution in [0.15, 0.2) is 70.0 Å². The van der Waals surface area contributed by atoms with E-state index in [-0.39, 0.29) is 18.0 Å². The number of carbonyl (C=O) groups is 1. The van der Waals surface area contributed by atoms with Crippen molar-refractivity contribution in [2.24, 2.45) is 0 Å². The molecule has 0 fully saturated rings. The molecule has 0 radical (unpaired) electrons. The van der Waals surface area contributed by atoms with Crippen LogP contribution in [0.25, 0.3) is 11.1 Å². The number of aromatic nitrogens is 2. The van der Waals surface area contributed by atoms with Gasteiger partial charge >= 0.3 is 0 Å². The first-order valence-corrected chi connectivity index (χ1v) is 9.00. The van der Waals surface area contributed by atoms with E-state index in [2.05, 4.69) is 10.3 Å². The molecule has 2 aromatic carbocycles. The average molecular weight is 394 g/mol. The summed E-state index contributed by atoms with van der Waals surface area (Å²) < 4.78 is 6.89. The highest BCUT2D eigenvalue weighted by atomic mass is 35.5. The van der Waals surface area contributed by atoms with E-state index in [0.717, 1.165) is 5.56 Å². The number of nitrogens with zero attached hydrogens (tertiary/aromatic N) is 2. The number of benzene rings is 2. The molecule has 2 heterocycles. The summed E-state index contributed by atoms with van der Waals surface area (Å²) in [6, 6.07) is 15.4. The van der Waals surface area contributed by atoms with Gasteiger partial charge in [0.1, 0.15) is 5.52 Å². The SMILES string of the molecule is Cc1nc2cc(NC(=O)c3ccc(=O)n(Cc4ccccc4Cl)c3)ccc2o1. The number of halogens is 1. The number of carbonyl (C=O) groups excluding carboxylic acids is 1. The van der Waals surface area contributed by atoms with Crippen LogP contribution in [0.3, 0.4) is 0 Å². The molecule has 2 aromatic heterocycles. The van der Waals surface area contributed by atoms with Gasteiger partial charge in [0.15, 0.2) is 11.5 Å². The number of anilines is 1. The summed E-state index contributed by atoms with van der Waals surface area (Å²) in [5.41, 5.74) is 2.87. The summed E-state index contributed by atoms with van der Waals surface area (Å²) >= 11 is 6.18. The summed E-state index contributed by atoms with van der Waals surface area (Å²) in [5, 5.41) is 3.39. The third-order valence-corrected chi connectivity index (χ3v) is 4.67. The van der Waals surface area contributed by atoms with Gasteiger partial charge in [-0.3, -0.25) is 9.59 Å². The van der Waals surface area contributed by atoms with Gasteiger partial charge in [-0.25, -0.2) is 4.98 Å². The van der Waals surface area contributed by atoms with Crippen LogP contribution in [0, 0.1) is 6.92 Å². The van der Waals surface area contributed by atoms with Crippen molar-refractivity contribution >= 4 is 34.3 Å². The Bertz CT molecular complexity index is 1240. The van der Waals surface area contributed by atoms with Crippen molar-refractivity contribution in [3.05, 3.63) is 93.2 Å². The molecule has 7 heteroatoms. The highest BCUT2D eigenvalue weighted by Crippen LogP contribution is 2.20. The highest BCUT2D eigenvalue weighted by molar-refractivity contribution is 6.31. The fourth-order valence-corrected chi connectivity index (χ4v) is 3.12. The van der Waals surface area contributed by atoms with E-state index in [1.165, 1.54) is 22.9 Å². The van der Waals surface area contributed by atoms with Gasteiger partial charge in [-0.1, -0.05) is 29.8 Å². The molecule has 1 amide bonds. The molecule has 0 bridgehead atoms. The van der Waals surface area contributed by atoms with E-state index < -0.39 is 0 Å². The number of pyridine rings is 1. The second-order valence-electron chi connectivity index (χ2n) is 6.34. The van der Waals surface area contributed by atoms with Gasteiger partial charge in [0.05, 0.1) is 12.1 Å². The standard InChI is InChI=1S/C21H16ClN3O3/c1-13-23-18-10-16(7-8-19(18)28-13)24-21(27)15-6-9-20(26)25(12-15)11-14-4-2-3-5-17(14)22/h2-10,12H,11H2,1H3,(H,24,27). The van der Waals surface area contributed by atoms with Crippen molar-refractivity contribution in [3.8, 4) is 0 Å². The Labute approximate surface area is 165 Å². The minimum atomic E-state index is -0.326. The molecular formula is C21H16ClN3O3. The minimum absolute atomic E-state index is 0.212. The van der Waals surface area contributed by atoms with E-state index in [4.69, 9.17) is 16.0 Å². The maximum atomic E-state index is 12.6. The number of oxazole rings is 1. The zero-order chi connectivity index (χ0) is 19.7. The quantitative estimate of drug-likeness (QED) is 0.562. The molecule has 140 valence electrons. The van der Waals surface area contributed by atoms with Gasteiger partial charge < -0.3 is 14.3 Å². The Balaban J connectivity index is 1.58. The van der Waals surface area contributed by atoms with E-state index in [9.17, 15) is 9.59 Å². The lowest BCUT2D eigenvalue weighted by atomic mass is 10.2. The van der Waals surface area contributed by atoms with Crippen LogP contribution in [0.4, 0.5) is 5.69 Å². The molecule has 28 heavy (non-hydrogen) atoms. The lowest BCUT2D eigenvalue weighted by Crippen LogP contribution is -2.22. The van der Waals surface area contributed by atoms with Gasteiger partial charge in [0.25, 0.3) is 11.5 Å². The summed E-state index contributed by atoms with van der Waals surface area (Å²) in [6.45, 7) is 2.05. The Kier molecular flexibility index (Phi) is 4.71. The fraction of sp³-hybridized carbons (Fsp3) is 0.0952. The molecule has 0 saturated carbocycles. The number of fused-ring (bicyclic) bond motifs is 1. The number of hydrogen-bond acceptors (Lipinski definition) is 4. The molecule has 0 aliphatic rings. The zero-order valence-electron chi connectivity index (χ0n) is 15.0. The second kappa shape index (κ2) is 7.32. The molecular weight excluding hydrogens is 378 g/mol. The highest BCUT2D eigenvalue weighted by Gasteiger charge is 2.11. The second-order valence-corrected chi connectivity index (χ2v) is 6.75. The van der Waals surface area contributed by atoms with Crippen molar-refractivity contribution in [2.45, 2.75) is 13.5 Å². The predicted octanol–water partition coefficient (Wildman–Crippen LogP) is 4.25. The number of nitrogens with one attached hydrogen (secondary N) is 1. The summed E-state index contributed by atoms with van der Waals surface area (Å²) in [4.78, 5) is 29.1. The number of hydrogen-bond donors (Lipinski definition) is 1. The molecule has 6 nitrogen and oxygen atoms in total. The topological polar surface area (TPSA) is 77.1 Å². The van der Waals surface area contributed by atoms with E-state index in [1.54, 1.807) is 31.2 Å². The molecule has 0 atom stereocenters. The number of rotatable bonds is 4. The first-order valence-electron chi connectivity index (χ1n) is 8.62. The van der Waals surface area contributed by atoms with Crippen LogP contribution in [-0.2, 0) is 6.54 Å². The average Bonchev–Trinajstić information content (AvgIpc) is 3.04. The maximum absolute atomic E-state index is 12.6. The van der Waals surface area contributed by atoms with Crippen LogP contribution in [0.5, 0.6) is 0 Å². The summed E-state index contributed by atoms with van der Waals surface area (Å²) in [7, 11) is 0. The first-order chi connectivity index (χ1) is 13.5. The Morgan fingerprint density at radius 1 is 1.18 bits per heavy atom. The monoisotopic (exact) mass is 393 g/mol. The van der Waals surface area contributed by atoms with Crippen molar-refractivity contribution in [1.82, 2.24) is 9.55 Å². The third-order valence-electron chi connectivity index (χ3n) is 4.30. The van der Waals surface area contributed by atoms with Crippen molar-refractivity contribution < 1.29 is 9.21 Å². The molecule has 0 spiro atoms. The molecule has 0 aliphatic heterocycles. The van der Waals surface area contributed by atoms with E-state index in [0.29, 0.717) is 33.3 Å². The first kappa shape index (κ1) is 18.0. The fourth-order valence-electron chi connectivity index (χ4n) is 2.92. The van der Waals surface area contributed by atoms with Gasteiger partial charge in [0, 0.05) is 29.9 Å². The Hall–Kier alpha value is -3.38. The number of amides is 1. The van der Waals surface area contributed by atoms with Crippen molar-refractivity contribution in [3.63, 3.8) is 0 Å². The van der Waals surface area contributed by atoms with E-state index >= 15 is 0 Å². The molecule has 1 N–H and O–H groups in total. The van der Waals surface area contributed by atoms with Gasteiger partial charge in [-0.05, 0) is 35.9 Å². The predicted molar refractivity (Wildman–Crippen MR) is 108 cm³/mol. The number of aryl methyl sites for hydroxylation is 1. The lowest BCUT2D eigenvalue weighted by Gasteiger charge is -2.10. The molecule has 0 unspecified atom stereocenters. The maximum Gasteiger partial charge on any atom is 0.257 e. The van der Waals surface area contributed by atoms with Crippen LogP contribution in [-0.4, -0.2) is 15.5 Å². The normalized spacial score (nSPS) is 10.9. The van der Waals surface area contributed by atoms with Gasteiger partial charge in [0.2, 0.25) is 0 Å². The lowest BCUT2D eigenvalue weighted by molar-refractivity contribution is 0.102. The largest absolute Gasteiger partial charge is 0.441 e.